The highest BCUT2D eigenvalue weighted by molar-refractivity contribution is 7.95. The van der Waals surface area contributed by atoms with Crippen LogP contribution in [0.2, 0.25) is 5.02 Å². The van der Waals surface area contributed by atoms with Crippen LogP contribution >= 0.6 is 11.6 Å². The van der Waals surface area contributed by atoms with Crippen molar-refractivity contribution in [3.63, 3.8) is 0 Å². The molecule has 0 radical (unpaired) electrons. The van der Waals surface area contributed by atoms with E-state index < -0.39 is 15.9 Å². The summed E-state index contributed by atoms with van der Waals surface area (Å²) in [6.45, 7) is 5.68. The second kappa shape index (κ2) is 7.99. The lowest BCUT2D eigenvalue weighted by Gasteiger charge is -2.13. The van der Waals surface area contributed by atoms with E-state index in [1.54, 1.807) is 36.4 Å². The van der Waals surface area contributed by atoms with Crippen molar-refractivity contribution in [2.24, 2.45) is 4.36 Å². The van der Waals surface area contributed by atoms with Crippen molar-refractivity contribution in [1.82, 2.24) is 5.32 Å². The van der Waals surface area contributed by atoms with Gasteiger partial charge in [-0.3, -0.25) is 4.72 Å². The molecule has 0 aliphatic heterocycles. The topological polar surface area (TPSA) is 70.6 Å². The van der Waals surface area contributed by atoms with Gasteiger partial charge in [-0.1, -0.05) is 35.4 Å². The van der Waals surface area contributed by atoms with Crippen LogP contribution in [0.4, 0.5) is 10.5 Å². The maximum absolute atomic E-state index is 13.3. The van der Waals surface area contributed by atoms with Crippen LogP contribution in [-0.4, -0.2) is 16.8 Å². The van der Waals surface area contributed by atoms with Gasteiger partial charge in [0.25, 0.3) is 0 Å². The Kier molecular flexibility index (Phi) is 6.00. The van der Waals surface area contributed by atoms with Crippen molar-refractivity contribution in [1.29, 1.82) is 0 Å². The van der Waals surface area contributed by atoms with E-state index in [1.807, 2.05) is 19.1 Å². The number of carbonyl (C=O) groups excluding carboxylic acids is 1. The van der Waals surface area contributed by atoms with E-state index in [9.17, 15) is 9.00 Å². The molecule has 1 atom stereocenters. The maximum atomic E-state index is 13.3. The standard InChI is InChI=1S/C17H18ClN3O2S/c1-3-12-19-17(22)21-24(23,16-10-4-13(2)5-11-16)20-15-8-6-14(18)7-9-15/h3-11H,1,12H2,2H3,(H2,19,20,21,22,23). The number of carbonyl (C=O) groups is 1. The van der Waals surface area contributed by atoms with Gasteiger partial charge in [0.2, 0.25) is 0 Å². The van der Waals surface area contributed by atoms with E-state index in [0.717, 1.165) is 5.56 Å². The van der Waals surface area contributed by atoms with Gasteiger partial charge in [-0.2, -0.15) is 0 Å². The molecule has 2 aromatic carbocycles. The Morgan fingerprint density at radius 1 is 1.21 bits per heavy atom. The van der Waals surface area contributed by atoms with Crippen molar-refractivity contribution in [2.75, 3.05) is 11.3 Å². The van der Waals surface area contributed by atoms with E-state index in [1.165, 1.54) is 6.08 Å². The number of nitrogens with zero attached hydrogens (tertiary/aromatic N) is 1. The van der Waals surface area contributed by atoms with Gasteiger partial charge in [0.15, 0.2) is 9.92 Å². The smallest absolute Gasteiger partial charge is 0.332 e. The lowest BCUT2D eigenvalue weighted by Crippen LogP contribution is -2.23. The summed E-state index contributed by atoms with van der Waals surface area (Å²) in [7, 11) is -3.19. The minimum Gasteiger partial charge on any atom is -0.332 e. The minimum atomic E-state index is -3.19. The van der Waals surface area contributed by atoms with Crippen molar-refractivity contribution in [3.05, 3.63) is 71.8 Å². The average molecular weight is 364 g/mol. The van der Waals surface area contributed by atoms with E-state index in [4.69, 9.17) is 11.6 Å². The summed E-state index contributed by atoms with van der Waals surface area (Å²) in [4.78, 5) is 12.4. The summed E-state index contributed by atoms with van der Waals surface area (Å²) >= 11 is 5.86. The van der Waals surface area contributed by atoms with Gasteiger partial charge >= 0.3 is 6.03 Å². The average Bonchev–Trinajstić information content (AvgIpc) is 2.55. The molecule has 0 saturated carbocycles. The normalized spacial score (nSPS) is 12.8. The maximum Gasteiger partial charge on any atom is 0.351 e. The molecule has 0 spiro atoms. The zero-order valence-corrected chi connectivity index (χ0v) is 14.7. The van der Waals surface area contributed by atoms with Crippen LogP contribution in [0.3, 0.4) is 0 Å². The quantitative estimate of drug-likeness (QED) is 0.773. The fourth-order valence-corrected chi connectivity index (χ4v) is 3.50. The number of hydrogen-bond acceptors (Lipinski definition) is 2. The molecule has 126 valence electrons. The number of urea groups is 1. The molecule has 5 nitrogen and oxygen atoms in total. The van der Waals surface area contributed by atoms with Gasteiger partial charge in [0.05, 0.1) is 4.90 Å². The predicted molar refractivity (Wildman–Crippen MR) is 98.7 cm³/mol. The Bertz CT molecular complexity index is 839. The van der Waals surface area contributed by atoms with E-state index in [0.29, 0.717) is 15.6 Å². The van der Waals surface area contributed by atoms with Crippen molar-refractivity contribution < 1.29 is 9.00 Å². The third-order valence-electron chi connectivity index (χ3n) is 3.05. The van der Waals surface area contributed by atoms with Crippen LogP contribution in [0.5, 0.6) is 0 Å². The molecule has 0 fully saturated rings. The largest absolute Gasteiger partial charge is 0.351 e. The first-order valence-corrected chi connectivity index (χ1v) is 9.08. The zero-order valence-electron chi connectivity index (χ0n) is 13.2. The van der Waals surface area contributed by atoms with Gasteiger partial charge in [-0.25, -0.2) is 9.00 Å². The van der Waals surface area contributed by atoms with Gasteiger partial charge in [-0.05, 0) is 43.3 Å². The summed E-state index contributed by atoms with van der Waals surface area (Å²) in [5, 5.41) is 3.06. The lowest BCUT2D eigenvalue weighted by atomic mass is 10.2. The number of benzene rings is 2. The summed E-state index contributed by atoms with van der Waals surface area (Å²) in [6, 6.07) is 13.0. The molecule has 24 heavy (non-hydrogen) atoms. The lowest BCUT2D eigenvalue weighted by molar-refractivity contribution is 0.250. The molecule has 1 unspecified atom stereocenters. The fourth-order valence-electron chi connectivity index (χ4n) is 1.84. The first kappa shape index (κ1) is 18.0. The molecule has 2 amide bonds. The zero-order chi connectivity index (χ0) is 17.6. The Hall–Kier alpha value is -2.31. The SMILES string of the molecule is C=CCNC(=O)N=S(=O)(Nc1ccc(Cl)cc1)c1ccc(C)cc1. The number of amides is 2. The molecular weight excluding hydrogens is 346 g/mol. The predicted octanol–water partition coefficient (Wildman–Crippen LogP) is 4.40. The van der Waals surface area contributed by atoms with E-state index in [2.05, 4.69) is 21.0 Å². The van der Waals surface area contributed by atoms with E-state index in [-0.39, 0.29) is 6.54 Å². The number of halogens is 1. The molecule has 2 rings (SSSR count). The Labute approximate surface area is 147 Å². The van der Waals surface area contributed by atoms with Gasteiger partial charge in [0.1, 0.15) is 0 Å². The van der Waals surface area contributed by atoms with Crippen LogP contribution in [0, 0.1) is 6.92 Å². The summed E-state index contributed by atoms with van der Waals surface area (Å²) in [5.41, 5.74) is 1.56. The molecule has 0 aromatic heterocycles. The molecule has 0 aliphatic carbocycles. The second-order valence-electron chi connectivity index (χ2n) is 5.01. The Morgan fingerprint density at radius 3 is 2.42 bits per heavy atom. The number of aryl methyl sites for hydroxylation is 1. The molecular formula is C17H18ClN3O2S. The van der Waals surface area contributed by atoms with Gasteiger partial charge in [0, 0.05) is 17.3 Å². The number of nitrogens with one attached hydrogen (secondary N) is 2. The number of rotatable bonds is 5. The second-order valence-corrected chi connectivity index (χ2v) is 7.36. The Morgan fingerprint density at radius 2 is 1.83 bits per heavy atom. The van der Waals surface area contributed by atoms with E-state index >= 15 is 0 Å². The summed E-state index contributed by atoms with van der Waals surface area (Å²) < 4.78 is 20.0. The third-order valence-corrected chi connectivity index (χ3v) is 5.15. The molecule has 0 bridgehead atoms. The van der Waals surface area contributed by atoms with Crippen LogP contribution in [-0.2, 0) is 9.92 Å². The highest BCUT2D eigenvalue weighted by Crippen LogP contribution is 2.20. The highest BCUT2D eigenvalue weighted by Gasteiger charge is 2.15. The first-order valence-electron chi connectivity index (χ1n) is 7.19. The van der Waals surface area contributed by atoms with Gasteiger partial charge in [-0.15, -0.1) is 10.9 Å². The van der Waals surface area contributed by atoms with Crippen LogP contribution in [0.1, 0.15) is 5.56 Å². The monoisotopic (exact) mass is 363 g/mol. The highest BCUT2D eigenvalue weighted by atomic mass is 35.5. The Balaban J connectivity index is 2.43. The summed E-state index contributed by atoms with van der Waals surface area (Å²) in [6.07, 6.45) is 1.52. The molecule has 7 heteroatoms. The summed E-state index contributed by atoms with van der Waals surface area (Å²) in [5.74, 6) is 0. The van der Waals surface area contributed by atoms with Crippen molar-refractivity contribution in [2.45, 2.75) is 11.8 Å². The molecule has 2 aromatic rings. The van der Waals surface area contributed by atoms with Crippen LogP contribution in [0.25, 0.3) is 0 Å². The van der Waals surface area contributed by atoms with Crippen LogP contribution < -0.4 is 10.0 Å². The number of hydrogen-bond donors (Lipinski definition) is 2. The van der Waals surface area contributed by atoms with Crippen LogP contribution in [0.15, 0.2) is 70.4 Å². The minimum absolute atomic E-state index is 0.243. The number of anilines is 1. The molecule has 2 N–H and O–H groups in total. The molecule has 0 heterocycles. The van der Waals surface area contributed by atoms with Crippen molar-refractivity contribution in [3.8, 4) is 0 Å². The fraction of sp³-hybridized carbons (Fsp3) is 0.118. The molecule has 0 saturated heterocycles. The molecule has 0 aliphatic rings. The third kappa shape index (κ3) is 4.84. The first-order chi connectivity index (χ1) is 11.4. The van der Waals surface area contributed by atoms with Crippen molar-refractivity contribution >= 4 is 33.2 Å². The van der Waals surface area contributed by atoms with Gasteiger partial charge < -0.3 is 5.32 Å².